The number of nitrogens with zero attached hydrogens (tertiary/aromatic N) is 3. The molecule has 31 heavy (non-hydrogen) atoms. The average molecular weight is 421 g/mol. The lowest BCUT2D eigenvalue weighted by atomic mass is 9.92. The summed E-state index contributed by atoms with van der Waals surface area (Å²) in [6, 6.07) is 15.5. The fraction of sp³-hybridized carbons (Fsp3) is 0.182. The molecule has 0 saturated carbocycles. The summed E-state index contributed by atoms with van der Waals surface area (Å²) in [5, 5.41) is 9.65. The van der Waals surface area contributed by atoms with Crippen LogP contribution in [-0.4, -0.2) is 39.1 Å². The zero-order valence-electron chi connectivity index (χ0n) is 16.9. The lowest BCUT2D eigenvalue weighted by Crippen LogP contribution is -2.42. The van der Waals surface area contributed by atoms with E-state index in [4.69, 9.17) is 0 Å². The van der Waals surface area contributed by atoms with Gasteiger partial charge in [-0.05, 0) is 43.7 Å². The number of hydrogen-bond acceptors (Lipinski definition) is 4. The summed E-state index contributed by atoms with van der Waals surface area (Å²) in [4.78, 5) is 39.0. The molecule has 0 radical (unpaired) electrons. The Morgan fingerprint density at radius 3 is 2.48 bits per heavy atom. The molecule has 1 unspecified atom stereocenters. The first kappa shape index (κ1) is 20.3. The van der Waals surface area contributed by atoms with Crippen molar-refractivity contribution in [3.63, 3.8) is 0 Å². The molecule has 8 nitrogen and oxygen atoms in total. The van der Waals surface area contributed by atoms with Crippen LogP contribution in [0.1, 0.15) is 18.2 Å². The largest absolute Gasteiger partial charge is 0.325 e. The first-order chi connectivity index (χ1) is 14.8. The van der Waals surface area contributed by atoms with Gasteiger partial charge in [0.2, 0.25) is 5.91 Å². The second-order valence-corrected chi connectivity index (χ2v) is 7.42. The highest BCUT2D eigenvalue weighted by molar-refractivity contribution is 6.10. The molecule has 0 bridgehead atoms. The standard InChI is InChI=1S/C22H20FN5O3/c1-14-12-18(28(26-14)17-10-8-16(23)9-11-17)24-19(29)13-27-20(30)22(2,25-21(27)31)15-6-4-3-5-7-15/h3-12H,13H2,1-2H3,(H,24,29)(H,25,31). The van der Waals surface area contributed by atoms with E-state index in [-0.39, 0.29) is 0 Å². The van der Waals surface area contributed by atoms with Crippen LogP contribution in [0.3, 0.4) is 0 Å². The third-order valence-electron chi connectivity index (χ3n) is 5.10. The number of aromatic nitrogens is 2. The number of urea groups is 1. The number of benzene rings is 2. The minimum Gasteiger partial charge on any atom is -0.319 e. The molecule has 1 aromatic heterocycles. The Labute approximate surface area is 177 Å². The molecule has 3 aromatic rings. The normalized spacial score (nSPS) is 18.2. The van der Waals surface area contributed by atoms with Gasteiger partial charge in [0.1, 0.15) is 23.7 Å². The monoisotopic (exact) mass is 421 g/mol. The summed E-state index contributed by atoms with van der Waals surface area (Å²) in [6.07, 6.45) is 0. The number of halogens is 1. The number of carbonyl (C=O) groups is 3. The first-order valence-electron chi connectivity index (χ1n) is 9.60. The van der Waals surface area contributed by atoms with Crippen molar-refractivity contribution in [2.45, 2.75) is 19.4 Å². The number of imide groups is 1. The number of carbonyl (C=O) groups excluding carboxylic acids is 3. The van der Waals surface area contributed by atoms with Gasteiger partial charge in [0.25, 0.3) is 5.91 Å². The van der Waals surface area contributed by atoms with Crippen molar-refractivity contribution in [3.8, 4) is 5.69 Å². The van der Waals surface area contributed by atoms with Crippen LogP contribution in [-0.2, 0) is 15.1 Å². The lowest BCUT2D eigenvalue weighted by Gasteiger charge is -2.22. The molecule has 1 aliphatic heterocycles. The summed E-state index contributed by atoms with van der Waals surface area (Å²) in [6.45, 7) is 2.90. The molecule has 0 aliphatic carbocycles. The molecule has 1 fully saturated rings. The predicted molar refractivity (Wildman–Crippen MR) is 111 cm³/mol. The van der Waals surface area contributed by atoms with Crippen molar-refractivity contribution < 1.29 is 18.8 Å². The topological polar surface area (TPSA) is 96.3 Å². The van der Waals surface area contributed by atoms with E-state index in [1.165, 1.54) is 28.9 Å². The van der Waals surface area contributed by atoms with Crippen LogP contribution in [0.2, 0.25) is 0 Å². The van der Waals surface area contributed by atoms with Crippen LogP contribution in [0.5, 0.6) is 0 Å². The summed E-state index contributed by atoms with van der Waals surface area (Å²) in [5.41, 5.74) is 0.564. The van der Waals surface area contributed by atoms with Crippen LogP contribution in [0, 0.1) is 12.7 Å². The van der Waals surface area contributed by atoms with Gasteiger partial charge in [-0.1, -0.05) is 30.3 Å². The van der Waals surface area contributed by atoms with Gasteiger partial charge in [-0.25, -0.2) is 13.9 Å². The SMILES string of the molecule is Cc1cc(NC(=O)CN2C(=O)NC(C)(c3ccccc3)C2=O)n(-c2ccc(F)cc2)n1. The van der Waals surface area contributed by atoms with E-state index in [2.05, 4.69) is 15.7 Å². The van der Waals surface area contributed by atoms with Crippen molar-refractivity contribution in [3.05, 3.63) is 77.7 Å². The van der Waals surface area contributed by atoms with Crippen molar-refractivity contribution in [2.75, 3.05) is 11.9 Å². The van der Waals surface area contributed by atoms with Gasteiger partial charge in [0, 0.05) is 6.07 Å². The minimum absolute atomic E-state index is 0.340. The minimum atomic E-state index is -1.24. The second kappa shape index (κ2) is 7.67. The molecule has 158 valence electrons. The van der Waals surface area contributed by atoms with Crippen molar-refractivity contribution >= 4 is 23.7 Å². The predicted octanol–water partition coefficient (Wildman–Crippen LogP) is 2.73. The van der Waals surface area contributed by atoms with Crippen molar-refractivity contribution in [1.29, 1.82) is 0 Å². The molecule has 4 amide bonds. The van der Waals surface area contributed by atoms with Crippen molar-refractivity contribution in [2.24, 2.45) is 0 Å². The number of hydrogen-bond donors (Lipinski definition) is 2. The first-order valence-corrected chi connectivity index (χ1v) is 9.60. The molecular formula is C22H20FN5O3. The molecule has 1 aliphatic rings. The van der Waals surface area contributed by atoms with E-state index < -0.39 is 35.7 Å². The third-order valence-corrected chi connectivity index (χ3v) is 5.10. The van der Waals surface area contributed by atoms with E-state index in [1.807, 2.05) is 6.07 Å². The number of amides is 4. The average Bonchev–Trinajstić information content (AvgIpc) is 3.21. The van der Waals surface area contributed by atoms with Crippen LogP contribution in [0.4, 0.5) is 15.0 Å². The van der Waals surface area contributed by atoms with E-state index in [0.29, 0.717) is 22.8 Å². The van der Waals surface area contributed by atoms with Gasteiger partial charge in [-0.15, -0.1) is 0 Å². The maximum Gasteiger partial charge on any atom is 0.325 e. The van der Waals surface area contributed by atoms with E-state index in [1.54, 1.807) is 44.2 Å². The Hall–Kier alpha value is -4.01. The highest BCUT2D eigenvalue weighted by Gasteiger charge is 2.49. The van der Waals surface area contributed by atoms with Crippen LogP contribution < -0.4 is 10.6 Å². The van der Waals surface area contributed by atoms with Gasteiger partial charge >= 0.3 is 6.03 Å². The lowest BCUT2D eigenvalue weighted by molar-refractivity contribution is -0.133. The highest BCUT2D eigenvalue weighted by atomic mass is 19.1. The van der Waals surface area contributed by atoms with E-state index in [0.717, 1.165) is 4.90 Å². The Bertz CT molecular complexity index is 1160. The number of anilines is 1. The van der Waals surface area contributed by atoms with Crippen LogP contribution in [0.25, 0.3) is 5.69 Å². The molecule has 4 rings (SSSR count). The van der Waals surface area contributed by atoms with Gasteiger partial charge in [-0.2, -0.15) is 5.10 Å². The van der Waals surface area contributed by atoms with Crippen LogP contribution in [0.15, 0.2) is 60.7 Å². The Balaban J connectivity index is 1.52. The molecule has 2 aromatic carbocycles. The fourth-order valence-electron chi connectivity index (χ4n) is 3.50. The van der Waals surface area contributed by atoms with Crippen LogP contribution >= 0.6 is 0 Å². The summed E-state index contributed by atoms with van der Waals surface area (Å²) in [7, 11) is 0. The van der Waals surface area contributed by atoms with Gasteiger partial charge in [0.15, 0.2) is 0 Å². The Morgan fingerprint density at radius 1 is 1.13 bits per heavy atom. The quantitative estimate of drug-likeness (QED) is 0.619. The molecule has 0 spiro atoms. The van der Waals surface area contributed by atoms with E-state index >= 15 is 0 Å². The highest BCUT2D eigenvalue weighted by Crippen LogP contribution is 2.28. The zero-order valence-corrected chi connectivity index (χ0v) is 16.9. The Kier molecular flexibility index (Phi) is 5.02. The van der Waals surface area contributed by atoms with Crippen molar-refractivity contribution in [1.82, 2.24) is 20.0 Å². The zero-order chi connectivity index (χ0) is 22.2. The number of nitrogens with one attached hydrogen (secondary N) is 2. The maximum atomic E-state index is 13.2. The van der Waals surface area contributed by atoms with E-state index in [9.17, 15) is 18.8 Å². The summed E-state index contributed by atoms with van der Waals surface area (Å²) in [5.74, 6) is -1.13. The third kappa shape index (κ3) is 3.77. The molecular weight excluding hydrogens is 401 g/mol. The summed E-state index contributed by atoms with van der Waals surface area (Å²) >= 11 is 0. The Morgan fingerprint density at radius 2 is 1.81 bits per heavy atom. The van der Waals surface area contributed by atoms with Gasteiger partial charge in [-0.3, -0.25) is 14.5 Å². The smallest absolute Gasteiger partial charge is 0.319 e. The van der Waals surface area contributed by atoms with Gasteiger partial charge in [0.05, 0.1) is 11.4 Å². The van der Waals surface area contributed by atoms with Gasteiger partial charge < -0.3 is 10.6 Å². The molecule has 1 saturated heterocycles. The number of aryl methyl sites for hydroxylation is 1. The summed E-state index contributed by atoms with van der Waals surface area (Å²) < 4.78 is 14.7. The maximum absolute atomic E-state index is 13.2. The fourth-order valence-corrected chi connectivity index (χ4v) is 3.50. The molecule has 9 heteroatoms. The second-order valence-electron chi connectivity index (χ2n) is 7.42. The molecule has 1 atom stereocenters. The molecule has 2 heterocycles. The molecule has 2 N–H and O–H groups in total. The number of rotatable bonds is 5.